The van der Waals surface area contributed by atoms with E-state index in [4.69, 9.17) is 4.74 Å². The third-order valence-corrected chi connectivity index (χ3v) is 4.89. The SMILES string of the molecule is CNC(=O)c1cc(Oc2ccc3c(c2)nc(Cc2ccc(OC(F)(F)F)cc2)n3C)ccn1.[HH]. The van der Waals surface area contributed by atoms with Gasteiger partial charge >= 0.3 is 6.36 Å². The van der Waals surface area contributed by atoms with Crippen LogP contribution in [0.4, 0.5) is 13.2 Å². The summed E-state index contributed by atoms with van der Waals surface area (Å²) in [5.41, 5.74) is 2.60. The molecule has 1 N–H and O–H groups in total. The first-order valence-corrected chi connectivity index (χ1v) is 9.88. The number of imidazole rings is 1. The molecule has 33 heavy (non-hydrogen) atoms. The number of pyridine rings is 1. The summed E-state index contributed by atoms with van der Waals surface area (Å²) in [5, 5.41) is 2.51. The second-order valence-electron chi connectivity index (χ2n) is 7.16. The zero-order chi connectivity index (χ0) is 23.6. The average Bonchev–Trinajstić information content (AvgIpc) is 3.08. The van der Waals surface area contributed by atoms with Gasteiger partial charge in [-0.25, -0.2) is 4.98 Å². The van der Waals surface area contributed by atoms with Crippen molar-refractivity contribution >= 4 is 16.9 Å². The minimum Gasteiger partial charge on any atom is -0.457 e. The lowest BCUT2D eigenvalue weighted by atomic mass is 10.1. The molecule has 0 atom stereocenters. The number of benzene rings is 2. The summed E-state index contributed by atoms with van der Waals surface area (Å²) in [6.07, 6.45) is -2.81. The van der Waals surface area contributed by atoms with E-state index >= 15 is 0 Å². The fraction of sp³-hybridized carbons (Fsp3) is 0.174. The van der Waals surface area contributed by atoms with Gasteiger partial charge in [-0.3, -0.25) is 9.78 Å². The van der Waals surface area contributed by atoms with Crippen LogP contribution in [0.5, 0.6) is 17.2 Å². The highest BCUT2D eigenvalue weighted by molar-refractivity contribution is 5.92. The highest BCUT2D eigenvalue weighted by atomic mass is 19.4. The van der Waals surface area contributed by atoms with E-state index in [-0.39, 0.29) is 18.8 Å². The number of halogens is 3. The Bertz CT molecular complexity index is 1310. The van der Waals surface area contributed by atoms with E-state index in [9.17, 15) is 18.0 Å². The van der Waals surface area contributed by atoms with Crippen LogP contribution in [0.15, 0.2) is 60.8 Å². The third-order valence-electron chi connectivity index (χ3n) is 4.89. The monoisotopic (exact) mass is 458 g/mol. The lowest BCUT2D eigenvalue weighted by Gasteiger charge is -2.09. The number of aryl methyl sites for hydroxylation is 1. The molecule has 10 heteroatoms. The molecule has 4 aromatic rings. The van der Waals surface area contributed by atoms with Crippen molar-refractivity contribution in [3.63, 3.8) is 0 Å². The number of fused-ring (bicyclic) bond motifs is 1. The second-order valence-corrected chi connectivity index (χ2v) is 7.16. The first-order valence-electron chi connectivity index (χ1n) is 9.88. The lowest BCUT2D eigenvalue weighted by molar-refractivity contribution is -0.274. The molecule has 0 unspecified atom stereocenters. The first kappa shape index (κ1) is 22.1. The average molecular weight is 458 g/mol. The number of ether oxygens (including phenoxy) is 2. The molecule has 0 bridgehead atoms. The summed E-state index contributed by atoms with van der Waals surface area (Å²) in [4.78, 5) is 20.4. The molecule has 0 saturated carbocycles. The normalized spacial score (nSPS) is 11.4. The zero-order valence-corrected chi connectivity index (χ0v) is 17.7. The number of hydrogen-bond acceptors (Lipinski definition) is 5. The maximum atomic E-state index is 12.3. The van der Waals surface area contributed by atoms with E-state index in [0.29, 0.717) is 23.4 Å². The Morgan fingerprint density at radius 1 is 1.06 bits per heavy atom. The van der Waals surface area contributed by atoms with Crippen molar-refractivity contribution in [3.05, 3.63) is 77.9 Å². The number of nitrogens with zero attached hydrogens (tertiary/aromatic N) is 3. The molecule has 2 aromatic carbocycles. The fourth-order valence-corrected chi connectivity index (χ4v) is 3.31. The van der Waals surface area contributed by atoms with Gasteiger partial charge in [-0.05, 0) is 35.9 Å². The summed E-state index contributed by atoms with van der Waals surface area (Å²) in [6.45, 7) is 0. The number of carbonyl (C=O) groups is 1. The largest absolute Gasteiger partial charge is 0.573 e. The van der Waals surface area contributed by atoms with E-state index in [1.807, 2.05) is 17.7 Å². The molecule has 2 heterocycles. The van der Waals surface area contributed by atoms with Gasteiger partial charge in [-0.1, -0.05) is 12.1 Å². The van der Waals surface area contributed by atoms with Crippen molar-refractivity contribution in [3.8, 4) is 17.2 Å². The van der Waals surface area contributed by atoms with E-state index in [1.54, 1.807) is 36.4 Å². The molecular formula is C23H21F3N4O3. The summed E-state index contributed by atoms with van der Waals surface area (Å²) in [6, 6.07) is 14.3. The van der Waals surface area contributed by atoms with E-state index in [2.05, 4.69) is 20.0 Å². The topological polar surface area (TPSA) is 78.3 Å². The van der Waals surface area contributed by atoms with Gasteiger partial charge in [0.05, 0.1) is 11.0 Å². The quantitative estimate of drug-likeness (QED) is 0.447. The molecule has 0 saturated heterocycles. The van der Waals surface area contributed by atoms with E-state index < -0.39 is 6.36 Å². The highest BCUT2D eigenvalue weighted by Crippen LogP contribution is 2.27. The van der Waals surface area contributed by atoms with Crippen LogP contribution in [0.2, 0.25) is 0 Å². The van der Waals surface area contributed by atoms with Crippen LogP contribution in [0, 0.1) is 0 Å². The number of hydrogen-bond donors (Lipinski definition) is 1. The van der Waals surface area contributed by atoms with Crippen LogP contribution in [0.25, 0.3) is 11.0 Å². The summed E-state index contributed by atoms with van der Waals surface area (Å²) in [7, 11) is 3.39. The van der Waals surface area contributed by atoms with Gasteiger partial charge in [-0.15, -0.1) is 13.2 Å². The second kappa shape index (κ2) is 8.81. The summed E-state index contributed by atoms with van der Waals surface area (Å²) >= 11 is 0. The van der Waals surface area contributed by atoms with Crippen molar-refractivity contribution in [1.82, 2.24) is 19.9 Å². The Morgan fingerprint density at radius 3 is 2.45 bits per heavy atom. The van der Waals surface area contributed by atoms with Gasteiger partial charge in [0.25, 0.3) is 5.91 Å². The first-order chi connectivity index (χ1) is 15.7. The van der Waals surface area contributed by atoms with E-state index in [0.717, 1.165) is 16.9 Å². The molecule has 1 amide bonds. The number of carbonyl (C=O) groups excluding carboxylic acids is 1. The van der Waals surface area contributed by atoms with Crippen molar-refractivity contribution in [2.24, 2.45) is 7.05 Å². The summed E-state index contributed by atoms with van der Waals surface area (Å²) in [5.74, 6) is 1.14. The molecule has 2 aromatic heterocycles. The zero-order valence-electron chi connectivity index (χ0n) is 17.7. The molecule has 0 fully saturated rings. The number of alkyl halides is 3. The number of nitrogens with one attached hydrogen (secondary N) is 1. The standard InChI is InChI=1S/C23H19F3N4O3.H2/c1-27-22(31)19-13-17(9-10-28-19)32-16-7-8-20-18(12-16)29-21(30(20)2)11-14-3-5-15(6-4-14)33-23(24,25)26;/h3-10,12-13H,11H2,1-2H3,(H,27,31);1H. The molecular weight excluding hydrogens is 437 g/mol. The van der Waals surface area contributed by atoms with Crippen LogP contribution >= 0.6 is 0 Å². The van der Waals surface area contributed by atoms with Crippen molar-refractivity contribution < 1.29 is 28.9 Å². The molecule has 4 rings (SSSR count). The minimum atomic E-state index is -4.72. The van der Waals surface area contributed by atoms with Gasteiger partial charge < -0.3 is 19.4 Å². The van der Waals surface area contributed by atoms with Crippen LogP contribution in [-0.2, 0) is 13.5 Å². The van der Waals surface area contributed by atoms with Gasteiger partial charge in [0.1, 0.15) is 28.8 Å². The number of rotatable bonds is 6. The van der Waals surface area contributed by atoms with E-state index in [1.165, 1.54) is 25.4 Å². The van der Waals surface area contributed by atoms with Gasteiger partial charge in [0.15, 0.2) is 0 Å². The molecule has 0 aliphatic rings. The molecule has 0 aliphatic carbocycles. The van der Waals surface area contributed by atoms with Crippen LogP contribution < -0.4 is 14.8 Å². The number of aromatic nitrogens is 3. The fourth-order valence-electron chi connectivity index (χ4n) is 3.31. The molecule has 0 aliphatic heterocycles. The Balaban J connectivity index is 0.00000324. The van der Waals surface area contributed by atoms with Crippen molar-refractivity contribution in [2.75, 3.05) is 7.05 Å². The van der Waals surface area contributed by atoms with Gasteiger partial charge in [-0.2, -0.15) is 0 Å². The Hall–Kier alpha value is -4.08. The summed E-state index contributed by atoms with van der Waals surface area (Å²) < 4.78 is 48.7. The molecule has 0 spiro atoms. The van der Waals surface area contributed by atoms with Crippen LogP contribution in [-0.4, -0.2) is 33.9 Å². The Morgan fingerprint density at radius 2 is 1.76 bits per heavy atom. The van der Waals surface area contributed by atoms with Gasteiger partial charge in [0, 0.05) is 40.3 Å². The predicted molar refractivity (Wildman–Crippen MR) is 116 cm³/mol. The molecule has 7 nitrogen and oxygen atoms in total. The maximum absolute atomic E-state index is 12.3. The van der Waals surface area contributed by atoms with Crippen LogP contribution in [0.3, 0.4) is 0 Å². The van der Waals surface area contributed by atoms with Crippen LogP contribution in [0.1, 0.15) is 23.3 Å². The highest BCUT2D eigenvalue weighted by Gasteiger charge is 2.31. The van der Waals surface area contributed by atoms with Crippen molar-refractivity contribution in [2.45, 2.75) is 12.8 Å². The predicted octanol–water partition coefficient (Wildman–Crippen LogP) is 4.86. The third kappa shape index (κ3) is 5.22. The smallest absolute Gasteiger partial charge is 0.457 e. The molecule has 172 valence electrons. The Labute approximate surface area is 188 Å². The minimum absolute atomic E-state index is 0. The maximum Gasteiger partial charge on any atom is 0.573 e. The van der Waals surface area contributed by atoms with Gasteiger partial charge in [0.2, 0.25) is 0 Å². The molecule has 0 radical (unpaired) electrons. The number of amides is 1. The lowest BCUT2D eigenvalue weighted by Crippen LogP contribution is -2.18. The van der Waals surface area contributed by atoms with Crippen molar-refractivity contribution in [1.29, 1.82) is 0 Å². The Kier molecular flexibility index (Phi) is 5.91.